The molecule has 0 aliphatic rings. The van der Waals surface area contributed by atoms with Crippen LogP contribution in [-0.4, -0.2) is 55.4 Å². The van der Waals surface area contributed by atoms with E-state index in [1.807, 2.05) is 18.7 Å². The molecule has 0 fully saturated rings. The lowest BCUT2D eigenvalue weighted by Gasteiger charge is -2.22. The Labute approximate surface area is 218 Å². The Morgan fingerprint density at radius 3 is 2.24 bits per heavy atom. The topological polar surface area (TPSA) is 176 Å². The Bertz CT molecular complexity index is 1320. The summed E-state index contributed by atoms with van der Waals surface area (Å²) in [6.07, 6.45) is 0.446. The van der Waals surface area contributed by atoms with E-state index in [2.05, 4.69) is 20.6 Å². The summed E-state index contributed by atoms with van der Waals surface area (Å²) in [4.78, 5) is 33.1. The lowest BCUT2D eigenvalue weighted by Crippen LogP contribution is -2.23. The van der Waals surface area contributed by atoms with Gasteiger partial charge in [0.2, 0.25) is 5.95 Å². The molecule has 0 aliphatic heterocycles. The number of benzene rings is 2. The highest BCUT2D eigenvalue weighted by Crippen LogP contribution is 2.40. The number of nitrogens with zero attached hydrogens (tertiary/aromatic N) is 4. The molecule has 202 valence electrons. The van der Waals surface area contributed by atoms with Gasteiger partial charge in [-0.25, -0.2) is 9.78 Å². The number of methoxy groups -OCH3 is 3. The fourth-order valence-electron chi connectivity index (χ4n) is 3.67. The SMILES string of the molecule is CCN(CC)c1cc(OC)c(Nc2ncc(OC)c(Nc3cc(OC(N)=O)ccc3OC)n2)cc1[N+](=O)[O-]. The molecule has 14 nitrogen and oxygen atoms in total. The molecule has 14 heteroatoms. The number of hydrogen-bond acceptors (Lipinski definition) is 12. The monoisotopic (exact) mass is 527 g/mol. The van der Waals surface area contributed by atoms with Crippen molar-refractivity contribution in [2.75, 3.05) is 50.0 Å². The fourth-order valence-corrected chi connectivity index (χ4v) is 3.67. The molecule has 0 aliphatic carbocycles. The first-order valence-corrected chi connectivity index (χ1v) is 11.5. The molecule has 0 saturated heterocycles. The maximum Gasteiger partial charge on any atom is 0.409 e. The highest BCUT2D eigenvalue weighted by molar-refractivity contribution is 5.78. The molecule has 38 heavy (non-hydrogen) atoms. The number of nitro groups is 1. The van der Waals surface area contributed by atoms with Gasteiger partial charge in [-0.2, -0.15) is 4.98 Å². The molecule has 0 saturated carbocycles. The van der Waals surface area contributed by atoms with Crippen molar-refractivity contribution < 1.29 is 28.7 Å². The van der Waals surface area contributed by atoms with Gasteiger partial charge in [0.15, 0.2) is 11.6 Å². The van der Waals surface area contributed by atoms with Crippen molar-refractivity contribution in [1.29, 1.82) is 0 Å². The van der Waals surface area contributed by atoms with Crippen molar-refractivity contribution in [3.05, 3.63) is 46.6 Å². The summed E-state index contributed by atoms with van der Waals surface area (Å²) in [5.74, 6) is 1.57. The predicted octanol–water partition coefficient (Wildman–Crippen LogP) is 4.20. The molecular weight excluding hydrogens is 498 g/mol. The molecule has 0 spiro atoms. The van der Waals surface area contributed by atoms with Crippen LogP contribution in [0.15, 0.2) is 36.5 Å². The first-order valence-electron chi connectivity index (χ1n) is 11.5. The number of carbonyl (C=O) groups excluding carboxylic acids is 1. The van der Waals surface area contributed by atoms with E-state index in [9.17, 15) is 14.9 Å². The van der Waals surface area contributed by atoms with Gasteiger partial charge in [0.1, 0.15) is 22.9 Å². The molecule has 0 unspecified atom stereocenters. The van der Waals surface area contributed by atoms with E-state index in [1.54, 1.807) is 12.1 Å². The standard InChI is InChI=1S/C24H29N7O7/c1-6-30(7-2)17-12-20(36-4)16(11-18(17)31(33)34)28-24-26-13-21(37-5)22(29-24)27-15-10-14(38-23(25)32)8-9-19(15)35-3/h8-13H,6-7H2,1-5H3,(H2,25,32)(H2,26,27,28,29). The van der Waals surface area contributed by atoms with Crippen LogP contribution in [0.4, 0.5) is 39.3 Å². The van der Waals surface area contributed by atoms with E-state index in [0.717, 1.165) is 0 Å². The van der Waals surface area contributed by atoms with Gasteiger partial charge in [0.25, 0.3) is 5.69 Å². The van der Waals surface area contributed by atoms with E-state index < -0.39 is 11.0 Å². The number of nitro benzene ring substituents is 1. The molecule has 0 radical (unpaired) electrons. The van der Waals surface area contributed by atoms with Crippen LogP contribution in [0.2, 0.25) is 0 Å². The first-order chi connectivity index (χ1) is 18.2. The molecule has 4 N–H and O–H groups in total. The Balaban J connectivity index is 2.02. The number of rotatable bonds is 12. The van der Waals surface area contributed by atoms with Crippen molar-refractivity contribution in [3.8, 4) is 23.0 Å². The van der Waals surface area contributed by atoms with E-state index >= 15 is 0 Å². The van der Waals surface area contributed by atoms with Crippen molar-refractivity contribution in [2.24, 2.45) is 5.73 Å². The van der Waals surface area contributed by atoms with Crippen LogP contribution in [0.25, 0.3) is 0 Å². The number of carbonyl (C=O) groups is 1. The van der Waals surface area contributed by atoms with E-state index in [0.29, 0.717) is 41.7 Å². The van der Waals surface area contributed by atoms with Gasteiger partial charge in [-0.1, -0.05) is 0 Å². The average Bonchev–Trinajstić information content (AvgIpc) is 2.89. The smallest absolute Gasteiger partial charge is 0.409 e. The highest BCUT2D eigenvalue weighted by atomic mass is 16.6. The van der Waals surface area contributed by atoms with Crippen molar-refractivity contribution in [1.82, 2.24) is 9.97 Å². The predicted molar refractivity (Wildman–Crippen MR) is 142 cm³/mol. The zero-order valence-electron chi connectivity index (χ0n) is 21.6. The number of nitrogens with one attached hydrogen (secondary N) is 2. The summed E-state index contributed by atoms with van der Waals surface area (Å²) in [6.45, 7) is 4.99. The van der Waals surface area contributed by atoms with Gasteiger partial charge in [0.05, 0.1) is 43.8 Å². The lowest BCUT2D eigenvalue weighted by molar-refractivity contribution is -0.384. The second-order valence-corrected chi connectivity index (χ2v) is 7.61. The minimum atomic E-state index is -0.970. The summed E-state index contributed by atoms with van der Waals surface area (Å²) >= 11 is 0. The zero-order chi connectivity index (χ0) is 27.8. The summed E-state index contributed by atoms with van der Waals surface area (Å²) in [6, 6.07) is 7.57. The minimum absolute atomic E-state index is 0.0972. The maximum atomic E-state index is 11.9. The van der Waals surface area contributed by atoms with E-state index in [1.165, 1.54) is 45.7 Å². The van der Waals surface area contributed by atoms with Crippen LogP contribution < -0.4 is 40.2 Å². The van der Waals surface area contributed by atoms with Gasteiger partial charge in [-0.3, -0.25) is 10.1 Å². The summed E-state index contributed by atoms with van der Waals surface area (Å²) in [7, 11) is 4.38. The van der Waals surface area contributed by atoms with Crippen LogP contribution >= 0.6 is 0 Å². The van der Waals surface area contributed by atoms with Crippen LogP contribution in [0.5, 0.6) is 23.0 Å². The van der Waals surface area contributed by atoms with Gasteiger partial charge in [-0.05, 0) is 26.0 Å². The van der Waals surface area contributed by atoms with Gasteiger partial charge in [-0.15, -0.1) is 0 Å². The lowest BCUT2D eigenvalue weighted by atomic mass is 10.2. The number of ether oxygens (including phenoxy) is 4. The van der Waals surface area contributed by atoms with E-state index in [-0.39, 0.29) is 29.0 Å². The molecule has 3 aromatic rings. The molecule has 0 bridgehead atoms. The van der Waals surface area contributed by atoms with Crippen LogP contribution in [-0.2, 0) is 0 Å². The van der Waals surface area contributed by atoms with Gasteiger partial charge < -0.3 is 40.2 Å². The summed E-state index contributed by atoms with van der Waals surface area (Å²) < 4.78 is 21.2. The van der Waals surface area contributed by atoms with Crippen molar-refractivity contribution >= 4 is 40.6 Å². The Kier molecular flexibility index (Phi) is 8.92. The zero-order valence-corrected chi connectivity index (χ0v) is 21.6. The number of amides is 1. The van der Waals surface area contributed by atoms with Gasteiger partial charge >= 0.3 is 6.09 Å². The minimum Gasteiger partial charge on any atom is -0.495 e. The Morgan fingerprint density at radius 1 is 1.00 bits per heavy atom. The molecule has 0 atom stereocenters. The summed E-state index contributed by atoms with van der Waals surface area (Å²) in [5, 5.41) is 17.9. The number of aromatic nitrogens is 2. The highest BCUT2D eigenvalue weighted by Gasteiger charge is 2.23. The summed E-state index contributed by atoms with van der Waals surface area (Å²) in [5.41, 5.74) is 6.14. The quantitative estimate of drug-likeness (QED) is 0.226. The van der Waals surface area contributed by atoms with Crippen LogP contribution in [0.3, 0.4) is 0 Å². The molecule has 1 heterocycles. The molecule has 1 amide bonds. The molecule has 1 aromatic heterocycles. The van der Waals surface area contributed by atoms with E-state index in [4.69, 9.17) is 24.7 Å². The van der Waals surface area contributed by atoms with Gasteiger partial charge in [0, 0.05) is 31.3 Å². The third kappa shape index (κ3) is 6.21. The first kappa shape index (κ1) is 27.6. The number of anilines is 5. The molecule has 2 aromatic carbocycles. The maximum absolute atomic E-state index is 11.9. The fraction of sp³-hybridized carbons (Fsp3) is 0.292. The Hall–Kier alpha value is -5.01. The van der Waals surface area contributed by atoms with Crippen LogP contribution in [0, 0.1) is 10.1 Å². The number of hydrogen-bond donors (Lipinski definition) is 3. The Morgan fingerprint density at radius 2 is 1.66 bits per heavy atom. The normalized spacial score (nSPS) is 10.3. The number of primary amides is 1. The van der Waals surface area contributed by atoms with Crippen molar-refractivity contribution in [2.45, 2.75) is 13.8 Å². The third-order valence-corrected chi connectivity index (χ3v) is 5.46. The average molecular weight is 528 g/mol. The second-order valence-electron chi connectivity index (χ2n) is 7.61. The largest absolute Gasteiger partial charge is 0.495 e. The third-order valence-electron chi connectivity index (χ3n) is 5.46. The molecule has 3 rings (SSSR count). The number of nitrogens with two attached hydrogens (primary N) is 1. The molecular formula is C24H29N7O7. The second kappa shape index (κ2) is 12.3. The van der Waals surface area contributed by atoms with Crippen molar-refractivity contribution in [3.63, 3.8) is 0 Å². The van der Waals surface area contributed by atoms with Crippen LogP contribution in [0.1, 0.15) is 13.8 Å².